The molecule has 1 atom stereocenters. The van der Waals surface area contributed by atoms with Crippen LogP contribution in [0.15, 0.2) is 18.2 Å². The van der Waals surface area contributed by atoms with Crippen molar-refractivity contribution in [3.63, 3.8) is 0 Å². The van der Waals surface area contributed by atoms with Gasteiger partial charge in [-0.25, -0.2) is 0 Å². The van der Waals surface area contributed by atoms with Gasteiger partial charge >= 0.3 is 0 Å². The van der Waals surface area contributed by atoms with Crippen LogP contribution in [-0.4, -0.2) is 25.8 Å². The predicted molar refractivity (Wildman–Crippen MR) is 87.3 cm³/mol. The van der Waals surface area contributed by atoms with Crippen LogP contribution in [0.25, 0.3) is 0 Å². The Morgan fingerprint density at radius 2 is 1.86 bits per heavy atom. The van der Waals surface area contributed by atoms with Crippen LogP contribution in [0, 0.1) is 5.41 Å². The minimum atomic E-state index is 0.279. The summed E-state index contributed by atoms with van der Waals surface area (Å²) in [5, 5.41) is 3.61. The molecule has 3 nitrogen and oxygen atoms in total. The molecule has 0 saturated heterocycles. The van der Waals surface area contributed by atoms with Gasteiger partial charge in [0.1, 0.15) is 0 Å². The van der Waals surface area contributed by atoms with Crippen LogP contribution in [-0.2, 0) is 6.42 Å². The van der Waals surface area contributed by atoms with E-state index in [-0.39, 0.29) is 5.41 Å². The highest BCUT2D eigenvalue weighted by atomic mass is 16.5. The molecule has 1 N–H and O–H groups in total. The fourth-order valence-corrected chi connectivity index (χ4v) is 2.76. The Balaban J connectivity index is 2.01. The van der Waals surface area contributed by atoms with Gasteiger partial charge in [0.15, 0.2) is 11.5 Å². The van der Waals surface area contributed by atoms with E-state index in [0.29, 0.717) is 6.04 Å². The van der Waals surface area contributed by atoms with Crippen LogP contribution in [0.1, 0.15) is 46.1 Å². The first-order chi connectivity index (χ1) is 10.0. The molecule has 1 unspecified atom stereocenters. The zero-order chi connectivity index (χ0) is 15.3. The zero-order valence-electron chi connectivity index (χ0n) is 13.9. The summed E-state index contributed by atoms with van der Waals surface area (Å²) < 4.78 is 11.5. The Hall–Kier alpha value is -1.22. The molecule has 1 aromatic carbocycles. The first-order valence-electron chi connectivity index (χ1n) is 8.12. The number of rotatable bonds is 5. The third-order valence-electron chi connectivity index (χ3n) is 4.03. The maximum atomic E-state index is 5.77. The molecule has 3 heteroatoms. The molecule has 2 rings (SSSR count). The number of hydrogen-bond acceptors (Lipinski definition) is 3. The van der Waals surface area contributed by atoms with Gasteiger partial charge < -0.3 is 14.8 Å². The summed E-state index contributed by atoms with van der Waals surface area (Å²) in [4.78, 5) is 0. The molecule has 0 spiro atoms. The molecule has 1 aliphatic heterocycles. The van der Waals surface area contributed by atoms with Crippen molar-refractivity contribution in [2.75, 3.05) is 19.8 Å². The average Bonchev–Trinajstić information content (AvgIpc) is 2.66. The Labute approximate surface area is 129 Å². The number of ether oxygens (including phenoxy) is 2. The lowest BCUT2D eigenvalue weighted by Crippen LogP contribution is -2.40. The van der Waals surface area contributed by atoms with Crippen molar-refractivity contribution in [3.05, 3.63) is 23.8 Å². The van der Waals surface area contributed by atoms with E-state index >= 15 is 0 Å². The number of nitrogens with one attached hydrogen (secondary N) is 1. The SMILES string of the molecule is CCNC(CCc1ccc2c(c1)OCCCO2)C(C)(C)C. The molecule has 1 aliphatic rings. The Morgan fingerprint density at radius 3 is 2.52 bits per heavy atom. The van der Waals surface area contributed by atoms with E-state index in [1.165, 1.54) is 5.56 Å². The second-order valence-corrected chi connectivity index (χ2v) is 6.85. The van der Waals surface area contributed by atoms with Crippen LogP contribution in [0.2, 0.25) is 0 Å². The molecule has 0 amide bonds. The highest BCUT2D eigenvalue weighted by molar-refractivity contribution is 5.43. The van der Waals surface area contributed by atoms with Crippen LogP contribution >= 0.6 is 0 Å². The molecule has 118 valence electrons. The van der Waals surface area contributed by atoms with E-state index in [0.717, 1.165) is 50.5 Å². The van der Waals surface area contributed by atoms with E-state index in [1.54, 1.807) is 0 Å². The molecule has 0 aromatic heterocycles. The summed E-state index contributed by atoms with van der Waals surface area (Å²) in [7, 11) is 0. The van der Waals surface area contributed by atoms with E-state index in [1.807, 2.05) is 0 Å². The number of hydrogen-bond donors (Lipinski definition) is 1. The topological polar surface area (TPSA) is 30.5 Å². The lowest BCUT2D eigenvalue weighted by atomic mass is 9.83. The quantitative estimate of drug-likeness (QED) is 0.895. The zero-order valence-corrected chi connectivity index (χ0v) is 13.9. The van der Waals surface area contributed by atoms with Gasteiger partial charge in [-0.05, 0) is 42.5 Å². The second kappa shape index (κ2) is 7.17. The number of benzene rings is 1. The predicted octanol–water partition coefficient (Wildman–Crippen LogP) is 3.80. The summed E-state index contributed by atoms with van der Waals surface area (Å²) >= 11 is 0. The molecular weight excluding hydrogens is 262 g/mol. The third-order valence-corrected chi connectivity index (χ3v) is 4.03. The van der Waals surface area contributed by atoms with E-state index in [2.05, 4.69) is 51.2 Å². The maximum absolute atomic E-state index is 5.77. The van der Waals surface area contributed by atoms with Gasteiger partial charge in [0.2, 0.25) is 0 Å². The fraction of sp³-hybridized carbons (Fsp3) is 0.667. The van der Waals surface area contributed by atoms with Crippen LogP contribution in [0.3, 0.4) is 0 Å². The number of fused-ring (bicyclic) bond motifs is 1. The van der Waals surface area contributed by atoms with E-state index in [4.69, 9.17) is 9.47 Å². The second-order valence-electron chi connectivity index (χ2n) is 6.85. The average molecular weight is 291 g/mol. The van der Waals surface area contributed by atoms with Crippen molar-refractivity contribution in [2.24, 2.45) is 5.41 Å². The summed E-state index contributed by atoms with van der Waals surface area (Å²) in [6.07, 6.45) is 3.15. The Bertz CT molecular complexity index is 451. The molecule has 0 radical (unpaired) electrons. The number of aryl methyl sites for hydroxylation is 1. The summed E-state index contributed by atoms with van der Waals surface area (Å²) in [6.45, 7) is 11.6. The van der Waals surface area contributed by atoms with Gasteiger partial charge in [-0.2, -0.15) is 0 Å². The molecule has 1 aromatic rings. The monoisotopic (exact) mass is 291 g/mol. The summed E-state index contributed by atoms with van der Waals surface area (Å²) in [5.74, 6) is 1.79. The lowest BCUT2D eigenvalue weighted by Gasteiger charge is -2.31. The molecule has 0 aliphatic carbocycles. The van der Waals surface area contributed by atoms with Crippen molar-refractivity contribution in [3.8, 4) is 11.5 Å². The first kappa shape index (κ1) is 16.2. The third kappa shape index (κ3) is 4.63. The van der Waals surface area contributed by atoms with E-state index in [9.17, 15) is 0 Å². The van der Waals surface area contributed by atoms with Crippen molar-refractivity contribution < 1.29 is 9.47 Å². The van der Waals surface area contributed by atoms with Crippen LogP contribution in [0.4, 0.5) is 0 Å². The first-order valence-corrected chi connectivity index (χ1v) is 8.12. The van der Waals surface area contributed by atoms with Gasteiger partial charge in [-0.3, -0.25) is 0 Å². The molecule has 0 fully saturated rings. The van der Waals surface area contributed by atoms with Crippen molar-refractivity contribution in [2.45, 2.75) is 53.0 Å². The molecule has 0 bridgehead atoms. The Kier molecular flexibility index (Phi) is 5.51. The van der Waals surface area contributed by atoms with Crippen molar-refractivity contribution in [1.82, 2.24) is 5.32 Å². The van der Waals surface area contributed by atoms with Gasteiger partial charge in [0, 0.05) is 12.5 Å². The van der Waals surface area contributed by atoms with Crippen molar-refractivity contribution >= 4 is 0 Å². The molecule has 0 saturated carbocycles. The molecular formula is C18H29NO2. The molecule has 1 heterocycles. The highest BCUT2D eigenvalue weighted by Gasteiger charge is 2.23. The highest BCUT2D eigenvalue weighted by Crippen LogP contribution is 2.31. The standard InChI is InChI=1S/C18H29NO2/c1-5-19-17(18(2,3)4)10-8-14-7-9-15-16(13-14)21-12-6-11-20-15/h7,9,13,17,19H,5-6,8,10-12H2,1-4H3. The molecule has 21 heavy (non-hydrogen) atoms. The largest absolute Gasteiger partial charge is 0.490 e. The normalized spacial score (nSPS) is 16.4. The van der Waals surface area contributed by atoms with Gasteiger partial charge in [0.05, 0.1) is 13.2 Å². The van der Waals surface area contributed by atoms with Gasteiger partial charge in [-0.1, -0.05) is 33.8 Å². The van der Waals surface area contributed by atoms with Gasteiger partial charge in [-0.15, -0.1) is 0 Å². The smallest absolute Gasteiger partial charge is 0.161 e. The Morgan fingerprint density at radius 1 is 1.14 bits per heavy atom. The van der Waals surface area contributed by atoms with E-state index < -0.39 is 0 Å². The fourth-order valence-electron chi connectivity index (χ4n) is 2.76. The maximum Gasteiger partial charge on any atom is 0.161 e. The summed E-state index contributed by atoms with van der Waals surface area (Å²) in [5.41, 5.74) is 1.60. The van der Waals surface area contributed by atoms with Gasteiger partial charge in [0.25, 0.3) is 0 Å². The minimum absolute atomic E-state index is 0.279. The van der Waals surface area contributed by atoms with Crippen LogP contribution < -0.4 is 14.8 Å². The van der Waals surface area contributed by atoms with Crippen LogP contribution in [0.5, 0.6) is 11.5 Å². The summed E-state index contributed by atoms with van der Waals surface area (Å²) in [6, 6.07) is 6.89. The van der Waals surface area contributed by atoms with Crippen molar-refractivity contribution in [1.29, 1.82) is 0 Å². The lowest BCUT2D eigenvalue weighted by molar-refractivity contribution is 0.258. The minimum Gasteiger partial charge on any atom is -0.490 e.